The standard InChI is InChI=1S/C6H9F5/c1-4(2)3-5(7,8)6(9,10)11/h4H,3H2,1-2H3. The summed E-state index contributed by atoms with van der Waals surface area (Å²) in [6.07, 6.45) is -6.55. The lowest BCUT2D eigenvalue weighted by atomic mass is 10.1. The Balaban J connectivity index is 4.22. The average molecular weight is 176 g/mol. The molecule has 68 valence electrons. The van der Waals surface area contributed by atoms with Crippen LogP contribution < -0.4 is 0 Å². The molecule has 0 saturated heterocycles. The zero-order chi connectivity index (χ0) is 9.28. The average Bonchev–Trinajstić information content (AvgIpc) is 1.56. The van der Waals surface area contributed by atoms with Crippen molar-refractivity contribution in [1.82, 2.24) is 0 Å². The van der Waals surface area contributed by atoms with E-state index < -0.39 is 24.4 Å². The third-order valence-corrected chi connectivity index (χ3v) is 1.08. The van der Waals surface area contributed by atoms with Gasteiger partial charge in [0.15, 0.2) is 0 Å². The Morgan fingerprint density at radius 3 is 1.45 bits per heavy atom. The molecule has 5 heteroatoms. The van der Waals surface area contributed by atoms with Crippen molar-refractivity contribution >= 4 is 0 Å². The molecule has 0 aromatic carbocycles. The highest BCUT2D eigenvalue weighted by molar-refractivity contribution is 4.76. The molecular formula is C6H9F5. The lowest BCUT2D eigenvalue weighted by Gasteiger charge is -2.20. The fourth-order valence-corrected chi connectivity index (χ4v) is 0.628. The number of rotatable bonds is 2. The molecule has 0 unspecified atom stereocenters. The van der Waals surface area contributed by atoms with E-state index in [1.54, 1.807) is 0 Å². The van der Waals surface area contributed by atoms with Crippen LogP contribution in [-0.2, 0) is 0 Å². The van der Waals surface area contributed by atoms with Crippen LogP contribution in [0.1, 0.15) is 20.3 Å². The van der Waals surface area contributed by atoms with E-state index in [1.165, 1.54) is 13.8 Å². The SMILES string of the molecule is CC(C)CC(F)(F)C(F)(F)F. The molecule has 0 aliphatic carbocycles. The lowest BCUT2D eigenvalue weighted by molar-refractivity contribution is -0.287. The molecule has 0 spiro atoms. The summed E-state index contributed by atoms with van der Waals surface area (Å²) in [6, 6.07) is 0. The van der Waals surface area contributed by atoms with E-state index in [4.69, 9.17) is 0 Å². The van der Waals surface area contributed by atoms with Crippen molar-refractivity contribution in [3.8, 4) is 0 Å². The molecule has 0 aliphatic rings. The van der Waals surface area contributed by atoms with E-state index in [2.05, 4.69) is 0 Å². The Kier molecular flexibility index (Phi) is 2.85. The first kappa shape index (κ1) is 10.7. The highest BCUT2D eigenvalue weighted by atomic mass is 19.4. The summed E-state index contributed by atoms with van der Waals surface area (Å²) in [7, 11) is 0. The quantitative estimate of drug-likeness (QED) is 0.566. The zero-order valence-electron chi connectivity index (χ0n) is 6.17. The maximum Gasteiger partial charge on any atom is 0.453 e. The van der Waals surface area contributed by atoms with Gasteiger partial charge in [-0.25, -0.2) is 0 Å². The van der Waals surface area contributed by atoms with E-state index in [0.29, 0.717) is 0 Å². The van der Waals surface area contributed by atoms with Crippen molar-refractivity contribution in [2.24, 2.45) is 5.92 Å². The van der Waals surface area contributed by atoms with Crippen molar-refractivity contribution in [3.05, 3.63) is 0 Å². The van der Waals surface area contributed by atoms with Crippen LogP contribution in [0.25, 0.3) is 0 Å². The predicted octanol–water partition coefficient (Wildman–Crippen LogP) is 3.23. The van der Waals surface area contributed by atoms with Crippen LogP contribution in [0.15, 0.2) is 0 Å². The van der Waals surface area contributed by atoms with E-state index in [0.717, 1.165) is 0 Å². The van der Waals surface area contributed by atoms with Crippen molar-refractivity contribution < 1.29 is 22.0 Å². The van der Waals surface area contributed by atoms with E-state index in [-0.39, 0.29) is 0 Å². The molecule has 0 saturated carbocycles. The molecule has 0 radical (unpaired) electrons. The second kappa shape index (κ2) is 2.95. The Hall–Kier alpha value is -0.350. The van der Waals surface area contributed by atoms with Crippen molar-refractivity contribution in [1.29, 1.82) is 0 Å². The van der Waals surface area contributed by atoms with Gasteiger partial charge in [0.25, 0.3) is 0 Å². The Morgan fingerprint density at radius 1 is 1.00 bits per heavy atom. The van der Waals surface area contributed by atoms with Gasteiger partial charge in [0, 0.05) is 6.42 Å². The Morgan fingerprint density at radius 2 is 1.36 bits per heavy atom. The number of alkyl halides is 5. The van der Waals surface area contributed by atoms with E-state index in [9.17, 15) is 22.0 Å². The van der Waals surface area contributed by atoms with Crippen molar-refractivity contribution in [2.75, 3.05) is 0 Å². The maximum atomic E-state index is 12.1. The summed E-state index contributed by atoms with van der Waals surface area (Å²) in [5, 5.41) is 0. The summed E-state index contributed by atoms with van der Waals surface area (Å²) < 4.78 is 58.4. The normalized spacial score (nSPS) is 14.2. The van der Waals surface area contributed by atoms with Crippen LogP contribution in [0.3, 0.4) is 0 Å². The van der Waals surface area contributed by atoms with Crippen LogP contribution in [0.2, 0.25) is 0 Å². The van der Waals surface area contributed by atoms with Crippen molar-refractivity contribution in [2.45, 2.75) is 32.4 Å². The Labute approximate surface area is 61.4 Å². The second-order valence-corrected chi connectivity index (χ2v) is 2.80. The molecule has 0 heterocycles. The smallest absolute Gasteiger partial charge is 0.196 e. The molecule has 0 bridgehead atoms. The lowest BCUT2D eigenvalue weighted by Crippen LogP contribution is -2.37. The highest BCUT2D eigenvalue weighted by Gasteiger charge is 2.57. The van der Waals surface area contributed by atoms with Crippen molar-refractivity contribution in [3.63, 3.8) is 0 Å². The van der Waals surface area contributed by atoms with Crippen LogP contribution in [0.5, 0.6) is 0 Å². The minimum absolute atomic E-state index is 0.661. The molecule has 0 aliphatic heterocycles. The molecule has 0 N–H and O–H groups in total. The maximum absolute atomic E-state index is 12.1. The van der Waals surface area contributed by atoms with Gasteiger partial charge in [0.05, 0.1) is 0 Å². The molecule has 0 aromatic rings. The van der Waals surface area contributed by atoms with Gasteiger partial charge in [-0.05, 0) is 5.92 Å². The molecule has 11 heavy (non-hydrogen) atoms. The number of hydrogen-bond acceptors (Lipinski definition) is 0. The first-order chi connectivity index (χ1) is 4.67. The third kappa shape index (κ3) is 3.03. The first-order valence-electron chi connectivity index (χ1n) is 3.11. The van der Waals surface area contributed by atoms with Crippen LogP contribution >= 0.6 is 0 Å². The molecule has 0 aromatic heterocycles. The van der Waals surface area contributed by atoms with E-state index >= 15 is 0 Å². The predicted molar refractivity (Wildman–Crippen MR) is 30.5 cm³/mol. The van der Waals surface area contributed by atoms with Crippen LogP contribution in [0.4, 0.5) is 22.0 Å². The molecule has 0 nitrogen and oxygen atoms in total. The third-order valence-electron chi connectivity index (χ3n) is 1.08. The fourth-order valence-electron chi connectivity index (χ4n) is 0.628. The van der Waals surface area contributed by atoms with Gasteiger partial charge in [0.1, 0.15) is 0 Å². The highest BCUT2D eigenvalue weighted by Crippen LogP contribution is 2.39. The van der Waals surface area contributed by atoms with Gasteiger partial charge >= 0.3 is 12.1 Å². The molecule has 0 atom stereocenters. The number of halogens is 5. The van der Waals surface area contributed by atoms with E-state index in [1.807, 2.05) is 0 Å². The minimum Gasteiger partial charge on any atom is -0.196 e. The van der Waals surface area contributed by atoms with Gasteiger partial charge in [0.2, 0.25) is 0 Å². The van der Waals surface area contributed by atoms with Gasteiger partial charge in [-0.2, -0.15) is 22.0 Å². The monoisotopic (exact) mass is 176 g/mol. The summed E-state index contributed by atoms with van der Waals surface area (Å²) >= 11 is 0. The fraction of sp³-hybridized carbons (Fsp3) is 1.00. The molecule has 0 amide bonds. The second-order valence-electron chi connectivity index (χ2n) is 2.80. The summed E-state index contributed by atoms with van der Waals surface area (Å²) in [4.78, 5) is 0. The molecule has 0 rings (SSSR count). The van der Waals surface area contributed by atoms with Gasteiger partial charge in [-0.15, -0.1) is 0 Å². The molecule has 0 fully saturated rings. The largest absolute Gasteiger partial charge is 0.453 e. The number of hydrogen-bond donors (Lipinski definition) is 0. The van der Waals surface area contributed by atoms with Crippen LogP contribution in [-0.4, -0.2) is 12.1 Å². The van der Waals surface area contributed by atoms with Gasteiger partial charge < -0.3 is 0 Å². The minimum atomic E-state index is -5.41. The Bertz CT molecular complexity index is 123. The van der Waals surface area contributed by atoms with Gasteiger partial charge in [-0.3, -0.25) is 0 Å². The summed E-state index contributed by atoms with van der Waals surface area (Å²) in [5.41, 5.74) is 0. The first-order valence-corrected chi connectivity index (χ1v) is 3.11. The zero-order valence-corrected chi connectivity index (χ0v) is 6.17. The topological polar surface area (TPSA) is 0 Å². The van der Waals surface area contributed by atoms with Gasteiger partial charge in [-0.1, -0.05) is 13.8 Å². The summed E-state index contributed by atoms with van der Waals surface area (Å²) in [5.74, 6) is -5.20. The van der Waals surface area contributed by atoms with Crippen LogP contribution in [0, 0.1) is 5.92 Å². The molecular weight excluding hydrogens is 167 g/mol. The summed E-state index contributed by atoms with van der Waals surface area (Å²) in [6.45, 7) is 2.64.